The number of aryl methyl sites for hydroxylation is 1. The summed E-state index contributed by atoms with van der Waals surface area (Å²) in [6.45, 7) is 11.7. The standard InChI is InChI=1S/C31H42N4O5S/c1-20-8-9-22(17-24(20)40-27-12-15-33-26(34-27)16-21-10-13-32-14-11-21)29(36)35-31(5)19-23(30(2,3)4)18-25(28(31)39-6)41(7,37)38/h8-9,12,15,17-19,21,28,32H,10-11,13-14,16H2,1-7H3,(H,35,36). The van der Waals surface area contributed by atoms with Crippen molar-refractivity contribution >= 4 is 15.7 Å². The maximum Gasteiger partial charge on any atom is 0.252 e. The normalized spacial score (nSPS) is 22.1. The number of aromatic nitrogens is 2. The summed E-state index contributed by atoms with van der Waals surface area (Å²) in [6, 6.07) is 6.92. The Morgan fingerprint density at radius 3 is 2.54 bits per heavy atom. The zero-order chi connectivity index (χ0) is 30.0. The van der Waals surface area contributed by atoms with Crippen LogP contribution in [-0.2, 0) is 21.0 Å². The molecule has 1 amide bonds. The summed E-state index contributed by atoms with van der Waals surface area (Å²) in [4.78, 5) is 22.8. The van der Waals surface area contributed by atoms with Crippen LogP contribution in [0.5, 0.6) is 11.6 Å². The molecular formula is C31H42N4O5S. The van der Waals surface area contributed by atoms with Crippen molar-refractivity contribution in [2.45, 2.75) is 65.5 Å². The second-order valence-corrected chi connectivity index (χ2v) is 14.3. The van der Waals surface area contributed by atoms with Crippen LogP contribution < -0.4 is 15.4 Å². The molecular weight excluding hydrogens is 540 g/mol. The number of amides is 1. The van der Waals surface area contributed by atoms with Gasteiger partial charge in [-0.2, -0.15) is 4.98 Å². The Morgan fingerprint density at radius 1 is 1.20 bits per heavy atom. The molecule has 1 aliphatic heterocycles. The molecule has 2 aromatic rings. The first-order valence-electron chi connectivity index (χ1n) is 14.0. The van der Waals surface area contributed by atoms with Gasteiger partial charge < -0.3 is 20.1 Å². The molecule has 2 N–H and O–H groups in total. The van der Waals surface area contributed by atoms with E-state index < -0.39 is 21.5 Å². The number of benzene rings is 1. The van der Waals surface area contributed by atoms with Crippen LogP contribution in [0.15, 0.2) is 53.1 Å². The first kappa shape index (κ1) is 30.9. The molecule has 4 rings (SSSR count). The molecule has 2 aliphatic rings. The highest BCUT2D eigenvalue weighted by atomic mass is 32.2. The van der Waals surface area contributed by atoms with Gasteiger partial charge in [0.25, 0.3) is 5.91 Å². The predicted octanol–water partition coefficient (Wildman–Crippen LogP) is 4.54. The fourth-order valence-corrected chi connectivity index (χ4v) is 6.39. The number of hydrogen-bond donors (Lipinski definition) is 2. The maximum absolute atomic E-state index is 13.6. The van der Waals surface area contributed by atoms with Gasteiger partial charge in [-0.05, 0) is 80.5 Å². The second kappa shape index (κ2) is 12.0. The number of sulfone groups is 1. The van der Waals surface area contributed by atoms with Crippen molar-refractivity contribution in [1.82, 2.24) is 20.6 Å². The van der Waals surface area contributed by atoms with Gasteiger partial charge in [0.1, 0.15) is 17.7 Å². The quantitative estimate of drug-likeness (QED) is 0.466. The lowest BCUT2D eigenvalue weighted by molar-refractivity contribution is 0.0630. The van der Waals surface area contributed by atoms with Crippen LogP contribution in [0, 0.1) is 18.3 Å². The minimum Gasteiger partial charge on any atom is -0.439 e. The SMILES string of the molecule is COC1C(S(C)(=O)=O)=CC(C(C)(C)C)=CC1(C)NC(=O)c1ccc(C)c(Oc2ccnc(CC3CCNCC3)n2)c1. The molecule has 1 fully saturated rings. The summed E-state index contributed by atoms with van der Waals surface area (Å²) < 4.78 is 37.3. The van der Waals surface area contributed by atoms with Gasteiger partial charge in [0, 0.05) is 37.6 Å². The van der Waals surface area contributed by atoms with Gasteiger partial charge in [0.05, 0.1) is 10.4 Å². The zero-order valence-electron chi connectivity index (χ0n) is 25.1. The number of nitrogens with zero attached hydrogens (tertiary/aromatic N) is 2. The van der Waals surface area contributed by atoms with Crippen molar-refractivity contribution < 1.29 is 22.7 Å². The lowest BCUT2D eigenvalue weighted by Crippen LogP contribution is -2.56. The van der Waals surface area contributed by atoms with Crippen molar-refractivity contribution in [3.63, 3.8) is 0 Å². The van der Waals surface area contributed by atoms with Gasteiger partial charge in [0.2, 0.25) is 5.88 Å². The zero-order valence-corrected chi connectivity index (χ0v) is 25.9. The summed E-state index contributed by atoms with van der Waals surface area (Å²) in [5.41, 5.74) is 0.535. The van der Waals surface area contributed by atoms with E-state index in [2.05, 4.69) is 20.6 Å². The van der Waals surface area contributed by atoms with Crippen molar-refractivity contribution in [2.75, 3.05) is 26.5 Å². The fourth-order valence-electron chi connectivity index (χ4n) is 5.32. The third kappa shape index (κ3) is 7.42. The highest BCUT2D eigenvalue weighted by Crippen LogP contribution is 2.39. The van der Waals surface area contributed by atoms with E-state index in [1.807, 2.05) is 39.8 Å². The molecule has 10 heteroatoms. The summed E-state index contributed by atoms with van der Waals surface area (Å²) in [6.07, 6.45) is 8.52. The first-order valence-corrected chi connectivity index (χ1v) is 15.9. The van der Waals surface area contributed by atoms with Gasteiger partial charge in [-0.3, -0.25) is 4.79 Å². The number of nitrogens with one attached hydrogen (secondary N) is 2. The minimum atomic E-state index is -3.60. The maximum atomic E-state index is 13.6. The van der Waals surface area contributed by atoms with Crippen LogP contribution in [-0.4, -0.2) is 62.4 Å². The van der Waals surface area contributed by atoms with Crippen molar-refractivity contribution in [2.24, 2.45) is 11.3 Å². The molecule has 1 saturated heterocycles. The topological polar surface area (TPSA) is 120 Å². The van der Waals surface area contributed by atoms with Crippen molar-refractivity contribution in [3.05, 3.63) is 70.0 Å². The monoisotopic (exact) mass is 582 g/mol. The molecule has 9 nitrogen and oxygen atoms in total. The molecule has 2 atom stereocenters. The van der Waals surface area contributed by atoms with E-state index in [0.717, 1.165) is 55.6 Å². The van der Waals surface area contributed by atoms with Crippen LogP contribution in [0.4, 0.5) is 0 Å². The Hall–Kier alpha value is -3.08. The van der Waals surface area contributed by atoms with E-state index in [1.165, 1.54) is 7.11 Å². The summed E-state index contributed by atoms with van der Waals surface area (Å²) in [5.74, 6) is 1.83. The van der Waals surface area contributed by atoms with Gasteiger partial charge in [-0.25, -0.2) is 13.4 Å². The lowest BCUT2D eigenvalue weighted by atomic mass is 9.77. The van der Waals surface area contributed by atoms with Gasteiger partial charge >= 0.3 is 0 Å². The summed E-state index contributed by atoms with van der Waals surface area (Å²) in [7, 11) is -2.16. The number of carbonyl (C=O) groups excluding carboxylic acids is 1. The minimum absolute atomic E-state index is 0.132. The first-order chi connectivity index (χ1) is 19.2. The third-order valence-electron chi connectivity index (χ3n) is 7.74. The van der Waals surface area contributed by atoms with E-state index in [0.29, 0.717) is 23.1 Å². The van der Waals surface area contributed by atoms with Gasteiger partial charge in [-0.15, -0.1) is 0 Å². The largest absolute Gasteiger partial charge is 0.439 e. The van der Waals surface area contributed by atoms with Crippen LogP contribution >= 0.6 is 0 Å². The molecule has 0 bridgehead atoms. The fraction of sp³-hybridized carbons (Fsp3) is 0.516. The molecule has 0 spiro atoms. The van der Waals surface area contributed by atoms with Crippen LogP contribution in [0.25, 0.3) is 0 Å². The highest BCUT2D eigenvalue weighted by molar-refractivity contribution is 7.94. The molecule has 0 radical (unpaired) electrons. The molecule has 1 aliphatic carbocycles. The number of ether oxygens (including phenoxy) is 2. The van der Waals surface area contributed by atoms with E-state index in [4.69, 9.17) is 9.47 Å². The predicted molar refractivity (Wildman–Crippen MR) is 160 cm³/mol. The number of carbonyl (C=O) groups is 1. The number of allylic oxidation sites excluding steroid dienone is 2. The van der Waals surface area contributed by atoms with E-state index in [1.54, 1.807) is 37.4 Å². The van der Waals surface area contributed by atoms with Gasteiger partial charge in [-0.1, -0.05) is 32.9 Å². The number of rotatable bonds is 8. The van der Waals surface area contributed by atoms with Crippen molar-refractivity contribution in [3.8, 4) is 11.6 Å². The van der Waals surface area contributed by atoms with Crippen LogP contribution in [0.2, 0.25) is 0 Å². The molecule has 2 heterocycles. The molecule has 1 aromatic carbocycles. The molecule has 2 unspecified atom stereocenters. The Kier molecular flexibility index (Phi) is 9.06. The average molecular weight is 583 g/mol. The average Bonchev–Trinajstić information content (AvgIpc) is 2.89. The third-order valence-corrected chi connectivity index (χ3v) is 8.93. The van der Waals surface area contributed by atoms with Gasteiger partial charge in [0.15, 0.2) is 9.84 Å². The Bertz CT molecular complexity index is 1460. The Labute approximate surface area is 243 Å². The van der Waals surface area contributed by atoms with E-state index in [9.17, 15) is 13.2 Å². The smallest absolute Gasteiger partial charge is 0.252 e. The summed E-state index contributed by atoms with van der Waals surface area (Å²) >= 11 is 0. The van der Waals surface area contributed by atoms with E-state index in [-0.39, 0.29) is 16.2 Å². The molecule has 0 saturated carbocycles. The Balaban J connectivity index is 1.58. The van der Waals surface area contributed by atoms with Crippen LogP contribution in [0.3, 0.4) is 0 Å². The molecule has 41 heavy (non-hydrogen) atoms. The Morgan fingerprint density at radius 2 is 1.90 bits per heavy atom. The summed E-state index contributed by atoms with van der Waals surface area (Å²) in [5, 5.41) is 6.43. The molecule has 1 aromatic heterocycles. The number of piperidine rings is 1. The van der Waals surface area contributed by atoms with Crippen molar-refractivity contribution in [1.29, 1.82) is 0 Å². The number of methoxy groups -OCH3 is 1. The molecule has 222 valence electrons. The highest BCUT2D eigenvalue weighted by Gasteiger charge is 2.44. The van der Waals surface area contributed by atoms with Crippen LogP contribution in [0.1, 0.15) is 62.3 Å². The second-order valence-electron chi connectivity index (χ2n) is 12.3. The van der Waals surface area contributed by atoms with E-state index >= 15 is 0 Å². The lowest BCUT2D eigenvalue weighted by Gasteiger charge is -2.41. The number of hydrogen-bond acceptors (Lipinski definition) is 8.